The van der Waals surface area contributed by atoms with Gasteiger partial charge in [0.05, 0.1) is 0 Å². The molecule has 0 bridgehead atoms. The van der Waals surface area contributed by atoms with Gasteiger partial charge >= 0.3 is 0 Å². The number of rotatable bonds is 3. The average Bonchev–Trinajstić information content (AvgIpc) is 2.09. The molecule has 0 spiro atoms. The van der Waals surface area contributed by atoms with Crippen LogP contribution in [0.25, 0.3) is 0 Å². The van der Waals surface area contributed by atoms with Crippen molar-refractivity contribution in [2.45, 2.75) is 5.44 Å². The predicted octanol–water partition coefficient (Wildman–Crippen LogP) is 2.37. The Labute approximate surface area is 104 Å². The Morgan fingerprint density at radius 2 is 1.92 bits per heavy atom. The van der Waals surface area contributed by atoms with Crippen molar-refractivity contribution in [3.8, 4) is 0 Å². The monoisotopic (exact) mass is 425 g/mol. The molecule has 1 aromatic carbocycles. The van der Waals surface area contributed by atoms with E-state index in [1.165, 1.54) is 0 Å². The molecule has 1 aromatic rings. The summed E-state index contributed by atoms with van der Waals surface area (Å²) in [6.45, 7) is 0. The van der Waals surface area contributed by atoms with E-state index in [0.29, 0.717) is 0 Å². The van der Waals surface area contributed by atoms with Gasteiger partial charge in [-0.05, 0) is 5.56 Å². The summed E-state index contributed by atoms with van der Waals surface area (Å²) >= 11 is 4.69. The first-order chi connectivity index (χ1) is 5.38. The fraction of sp³-hybridized carbons (Fsp3) is 0.143. The van der Waals surface area contributed by atoms with Gasteiger partial charge in [0.2, 0.25) is 0 Å². The molecule has 0 fully saturated rings. The maximum atomic E-state index is 8.39. The molecule has 12 heavy (non-hydrogen) atoms. The Hall–Kier alpha value is 0.892. The molecule has 1 rings (SSSR count). The Morgan fingerprint density at radius 3 is 2.33 bits per heavy atom. The fourth-order valence-corrected chi connectivity index (χ4v) is 1.49. The van der Waals surface area contributed by atoms with E-state index < -0.39 is 5.44 Å². The van der Waals surface area contributed by atoms with Crippen molar-refractivity contribution in [1.29, 1.82) is 0 Å². The number of hydrogen-bond donors (Lipinski definition) is 1. The van der Waals surface area contributed by atoms with Gasteiger partial charge in [0.25, 0.3) is 0 Å². The van der Waals surface area contributed by atoms with E-state index in [4.69, 9.17) is 5.26 Å². The Kier molecular flexibility index (Phi) is 7.85. The second-order valence-corrected chi connectivity index (χ2v) is 3.14. The van der Waals surface area contributed by atoms with E-state index in [0.717, 1.165) is 16.4 Å². The summed E-state index contributed by atoms with van der Waals surface area (Å²) < 4.78 is 0. The molecule has 0 saturated carbocycles. The molecule has 2 nitrogen and oxygen atoms in total. The smallest absolute Gasteiger partial charge is 0.141 e. The predicted molar refractivity (Wildman–Crippen MR) is 47.9 cm³/mol. The molecular formula is C7H7O2S2U-. The molecule has 64 valence electrons. The normalized spacial score (nSPS) is 11.8. The van der Waals surface area contributed by atoms with Crippen LogP contribution in [-0.4, -0.2) is 5.26 Å². The van der Waals surface area contributed by atoms with Crippen molar-refractivity contribution in [2.24, 2.45) is 0 Å². The molecule has 0 aromatic heterocycles. The van der Waals surface area contributed by atoms with Crippen molar-refractivity contribution in [3.63, 3.8) is 0 Å². The Bertz CT molecular complexity index is 204. The quantitative estimate of drug-likeness (QED) is 0.265. The van der Waals surface area contributed by atoms with Crippen molar-refractivity contribution in [2.75, 3.05) is 0 Å². The molecule has 0 heterocycles. The van der Waals surface area contributed by atoms with Gasteiger partial charge < -0.3 is 11.7 Å². The van der Waals surface area contributed by atoms with Gasteiger partial charge in [-0.1, -0.05) is 30.3 Å². The van der Waals surface area contributed by atoms with Gasteiger partial charge in [0.1, 0.15) is 5.44 Å². The van der Waals surface area contributed by atoms with Gasteiger partial charge in [-0.3, -0.25) is 16.1 Å². The molecule has 0 saturated heterocycles. The number of benzene rings is 1. The van der Waals surface area contributed by atoms with Crippen LogP contribution < -0.4 is 0 Å². The first-order valence-electron chi connectivity index (χ1n) is 3.02. The van der Waals surface area contributed by atoms with E-state index in [9.17, 15) is 0 Å². The maximum Gasteiger partial charge on any atom is 0.141 e. The minimum Gasteiger partial charge on any atom is -0.716 e. The van der Waals surface area contributed by atoms with Crippen LogP contribution >= 0.6 is 10.8 Å². The summed E-state index contributed by atoms with van der Waals surface area (Å²) in [6.07, 6.45) is 0. The van der Waals surface area contributed by atoms with Gasteiger partial charge in [0, 0.05) is 31.1 Å². The third kappa shape index (κ3) is 3.74. The van der Waals surface area contributed by atoms with Gasteiger partial charge in [-0.2, -0.15) is 0 Å². The first kappa shape index (κ1) is 12.9. The summed E-state index contributed by atoms with van der Waals surface area (Å²) in [5.41, 5.74) is 0.418. The minimum absolute atomic E-state index is 0. The zero-order chi connectivity index (χ0) is 8.10. The van der Waals surface area contributed by atoms with Crippen LogP contribution in [0.2, 0.25) is 0 Å². The van der Waals surface area contributed by atoms with Gasteiger partial charge in [0.15, 0.2) is 0 Å². The van der Waals surface area contributed by atoms with E-state index in [-0.39, 0.29) is 31.1 Å². The molecule has 0 aliphatic carbocycles. The van der Waals surface area contributed by atoms with Gasteiger partial charge in [-0.15, -0.1) is 0 Å². The molecular weight excluding hydrogens is 418 g/mol. The zero-order valence-electron chi connectivity index (χ0n) is 6.14. The van der Waals surface area contributed by atoms with Crippen LogP contribution in [0, 0.1) is 31.1 Å². The van der Waals surface area contributed by atoms with Crippen LogP contribution in [-0.2, 0) is 16.5 Å². The Balaban J connectivity index is 0.00000121. The molecule has 5 heteroatoms. The minimum atomic E-state index is -0.453. The van der Waals surface area contributed by atoms with E-state index in [1.807, 2.05) is 30.3 Å². The Morgan fingerprint density at radius 1 is 1.33 bits per heavy atom. The van der Waals surface area contributed by atoms with Crippen molar-refractivity contribution >= 4 is 22.5 Å². The molecule has 0 radical (unpaired) electrons. The van der Waals surface area contributed by atoms with E-state index >= 15 is 0 Å². The summed E-state index contributed by atoms with van der Waals surface area (Å²) in [6, 6.07) is 9.33. The summed E-state index contributed by atoms with van der Waals surface area (Å²) in [7, 11) is 1.03. The van der Waals surface area contributed by atoms with E-state index in [1.54, 1.807) is 0 Å². The average molecular weight is 425 g/mol. The SMILES string of the molecule is OOC(S[S-])c1ccccc1.[U]. The second kappa shape index (κ2) is 7.31. The number of hydrogen-bond acceptors (Lipinski definition) is 4. The molecule has 1 N–H and O–H groups in total. The molecule has 0 aliphatic rings. The fourth-order valence-electron chi connectivity index (χ4n) is 0.744. The first-order valence-corrected chi connectivity index (χ1v) is 4.82. The summed E-state index contributed by atoms with van der Waals surface area (Å²) in [4.78, 5) is 4.14. The van der Waals surface area contributed by atoms with Crippen LogP contribution in [0.1, 0.15) is 11.0 Å². The largest absolute Gasteiger partial charge is 0.716 e. The topological polar surface area (TPSA) is 29.5 Å². The van der Waals surface area contributed by atoms with Crippen molar-refractivity contribution in [3.05, 3.63) is 35.9 Å². The van der Waals surface area contributed by atoms with Crippen molar-refractivity contribution < 1.29 is 41.3 Å². The molecule has 1 atom stereocenters. The zero-order valence-corrected chi connectivity index (χ0v) is 11.9. The molecule has 0 aliphatic heterocycles. The molecule has 0 amide bonds. The van der Waals surface area contributed by atoms with Gasteiger partial charge in [-0.25, -0.2) is 4.89 Å². The molecule has 1 unspecified atom stereocenters. The third-order valence-corrected chi connectivity index (χ3v) is 2.31. The van der Waals surface area contributed by atoms with Crippen LogP contribution in [0.3, 0.4) is 0 Å². The summed E-state index contributed by atoms with van der Waals surface area (Å²) in [5, 5.41) is 8.39. The second-order valence-electron chi connectivity index (χ2n) is 1.94. The standard InChI is InChI=1S/C7H8O2S2.U/c8-9-7(11-10)6-4-2-1-3-5-6;/h1-5,7-8,10H;/p-1. The third-order valence-electron chi connectivity index (χ3n) is 1.25. The van der Waals surface area contributed by atoms with Crippen LogP contribution in [0.5, 0.6) is 0 Å². The maximum absolute atomic E-state index is 8.39. The van der Waals surface area contributed by atoms with E-state index in [2.05, 4.69) is 16.5 Å². The summed E-state index contributed by atoms with van der Waals surface area (Å²) in [5.74, 6) is 0. The van der Waals surface area contributed by atoms with Crippen LogP contribution in [0.4, 0.5) is 0 Å². The van der Waals surface area contributed by atoms with Crippen molar-refractivity contribution in [1.82, 2.24) is 0 Å². The van der Waals surface area contributed by atoms with Crippen LogP contribution in [0.15, 0.2) is 30.3 Å².